The van der Waals surface area contributed by atoms with Crippen LogP contribution in [0.2, 0.25) is 5.02 Å². The number of benzene rings is 2. The van der Waals surface area contributed by atoms with Crippen molar-refractivity contribution in [3.05, 3.63) is 58.6 Å². The Hall–Kier alpha value is -3.59. The highest BCUT2D eigenvalue weighted by Gasteiger charge is 2.35. The van der Waals surface area contributed by atoms with Crippen molar-refractivity contribution in [2.24, 2.45) is 0 Å². The monoisotopic (exact) mass is 443 g/mol. The fourth-order valence-corrected chi connectivity index (χ4v) is 3.22. The number of imide groups is 1. The fraction of sp³-hybridized carbons (Fsp3) is 0.238. The Morgan fingerprint density at radius 3 is 2.45 bits per heavy atom. The number of nitrogen functional groups attached to an aromatic ring is 1. The highest BCUT2D eigenvalue weighted by atomic mass is 35.5. The molecule has 3 rings (SSSR count). The van der Waals surface area contributed by atoms with E-state index in [2.05, 4.69) is 10.6 Å². The number of nitrogens with two attached hydrogens (primary N) is 1. The van der Waals surface area contributed by atoms with E-state index < -0.39 is 17.8 Å². The Morgan fingerprint density at radius 2 is 1.77 bits per heavy atom. The Kier molecular flexibility index (Phi) is 6.76. The summed E-state index contributed by atoms with van der Waals surface area (Å²) in [5.74, 6) is -1.88. The minimum Gasteiger partial charge on any atom is -0.397 e. The topological polar surface area (TPSA) is 125 Å². The molecule has 1 saturated heterocycles. The Labute approximate surface area is 184 Å². The first-order chi connectivity index (χ1) is 14.8. The van der Waals surface area contributed by atoms with E-state index >= 15 is 0 Å². The molecule has 0 aliphatic carbocycles. The van der Waals surface area contributed by atoms with Crippen molar-refractivity contribution >= 4 is 46.7 Å². The summed E-state index contributed by atoms with van der Waals surface area (Å²) >= 11 is 5.93. The third-order valence-corrected chi connectivity index (χ3v) is 5.09. The predicted molar refractivity (Wildman–Crippen MR) is 116 cm³/mol. The molecular formula is C21H22ClN5O4. The van der Waals surface area contributed by atoms with Crippen molar-refractivity contribution in [1.29, 1.82) is 0 Å². The molecule has 0 radical (unpaired) electrons. The van der Waals surface area contributed by atoms with Gasteiger partial charge in [-0.1, -0.05) is 23.7 Å². The number of piperazine rings is 1. The molecule has 31 heavy (non-hydrogen) atoms. The second-order valence-corrected chi connectivity index (χ2v) is 7.32. The van der Waals surface area contributed by atoms with Crippen molar-refractivity contribution in [2.75, 3.05) is 30.7 Å². The fourth-order valence-electron chi connectivity index (χ4n) is 3.05. The number of hydrogen-bond acceptors (Lipinski definition) is 5. The summed E-state index contributed by atoms with van der Waals surface area (Å²) in [6, 6.07) is 10.7. The van der Waals surface area contributed by atoms with Gasteiger partial charge in [-0.2, -0.15) is 0 Å². The van der Waals surface area contributed by atoms with Crippen molar-refractivity contribution in [3.63, 3.8) is 0 Å². The maximum atomic E-state index is 12.4. The maximum absolute atomic E-state index is 12.4. The lowest BCUT2D eigenvalue weighted by Crippen LogP contribution is -2.58. The van der Waals surface area contributed by atoms with Gasteiger partial charge in [-0.25, -0.2) is 4.79 Å². The number of urea groups is 1. The lowest BCUT2D eigenvalue weighted by atomic mass is 10.1. The van der Waals surface area contributed by atoms with Crippen LogP contribution in [0.4, 0.5) is 16.2 Å². The van der Waals surface area contributed by atoms with Gasteiger partial charge in [0.15, 0.2) is 0 Å². The van der Waals surface area contributed by atoms with Crippen molar-refractivity contribution < 1.29 is 19.2 Å². The third-order valence-electron chi connectivity index (χ3n) is 4.86. The highest BCUT2D eigenvalue weighted by molar-refractivity contribution is 6.38. The molecule has 1 heterocycles. The largest absolute Gasteiger partial charge is 0.397 e. The van der Waals surface area contributed by atoms with E-state index in [0.29, 0.717) is 35.1 Å². The summed E-state index contributed by atoms with van der Waals surface area (Å²) in [6.07, 6.45) is 0. The Morgan fingerprint density at radius 1 is 1.06 bits per heavy atom. The van der Waals surface area contributed by atoms with Crippen LogP contribution in [0.3, 0.4) is 0 Å². The number of likely N-dealkylation sites (N-methyl/N-ethyl adjacent to an activating group) is 1. The molecule has 1 aliphatic heterocycles. The molecule has 0 unspecified atom stereocenters. The van der Waals surface area contributed by atoms with Gasteiger partial charge >= 0.3 is 17.8 Å². The van der Waals surface area contributed by atoms with Gasteiger partial charge in [0.25, 0.3) is 5.91 Å². The lowest BCUT2D eigenvalue weighted by Gasteiger charge is -2.31. The predicted octanol–water partition coefficient (Wildman–Crippen LogP) is 2.07. The van der Waals surface area contributed by atoms with E-state index in [1.54, 1.807) is 49.4 Å². The second-order valence-electron chi connectivity index (χ2n) is 6.88. The Bertz CT molecular complexity index is 1020. The molecule has 162 valence electrons. The number of hydrogen-bond donors (Lipinski definition) is 3. The van der Waals surface area contributed by atoms with E-state index in [9.17, 15) is 19.2 Å². The SMILES string of the molecule is CCN1CCN(C(=O)NCc2ccc(C(=O)Nc3cc(Cl)ccc3N)cc2)C(=O)C1=O. The van der Waals surface area contributed by atoms with E-state index in [4.69, 9.17) is 17.3 Å². The van der Waals surface area contributed by atoms with Gasteiger partial charge in [0.1, 0.15) is 0 Å². The molecule has 2 aromatic rings. The van der Waals surface area contributed by atoms with Gasteiger partial charge in [-0.3, -0.25) is 19.3 Å². The van der Waals surface area contributed by atoms with Gasteiger partial charge in [-0.15, -0.1) is 0 Å². The smallest absolute Gasteiger partial charge is 0.324 e. The zero-order chi connectivity index (χ0) is 22.5. The van der Waals surface area contributed by atoms with Crippen molar-refractivity contribution in [1.82, 2.24) is 15.1 Å². The standard InChI is InChI=1S/C21H22ClN5O4/c1-2-26-9-10-27(20(30)19(26)29)21(31)24-12-13-3-5-14(6-4-13)18(28)25-17-11-15(22)7-8-16(17)23/h3-8,11H,2,9-10,12,23H2,1H3,(H,24,31)(H,25,28). The van der Waals surface area contributed by atoms with Crippen molar-refractivity contribution in [3.8, 4) is 0 Å². The quantitative estimate of drug-likeness (QED) is 0.482. The van der Waals surface area contributed by atoms with Crippen LogP contribution in [0, 0.1) is 0 Å². The van der Waals surface area contributed by atoms with Crippen LogP contribution in [0.1, 0.15) is 22.8 Å². The minimum absolute atomic E-state index is 0.136. The van der Waals surface area contributed by atoms with Crippen LogP contribution in [-0.2, 0) is 16.1 Å². The first-order valence-electron chi connectivity index (χ1n) is 9.64. The third kappa shape index (κ3) is 5.13. The number of nitrogens with one attached hydrogen (secondary N) is 2. The van der Waals surface area contributed by atoms with Crippen LogP contribution in [0.15, 0.2) is 42.5 Å². The molecule has 0 saturated carbocycles. The van der Waals surface area contributed by atoms with Crippen LogP contribution >= 0.6 is 11.6 Å². The highest BCUT2D eigenvalue weighted by Crippen LogP contribution is 2.23. The molecule has 5 amide bonds. The number of amides is 5. The summed E-state index contributed by atoms with van der Waals surface area (Å²) < 4.78 is 0. The zero-order valence-corrected chi connectivity index (χ0v) is 17.6. The normalized spacial score (nSPS) is 13.9. The maximum Gasteiger partial charge on any atom is 0.324 e. The van der Waals surface area contributed by atoms with Crippen LogP contribution in [-0.4, -0.2) is 53.2 Å². The molecular weight excluding hydrogens is 422 g/mol. The van der Waals surface area contributed by atoms with Gasteiger partial charge in [0.05, 0.1) is 11.4 Å². The molecule has 4 N–H and O–H groups in total. The van der Waals surface area contributed by atoms with E-state index in [-0.39, 0.29) is 19.0 Å². The van der Waals surface area contributed by atoms with Crippen LogP contribution < -0.4 is 16.4 Å². The van der Waals surface area contributed by atoms with Gasteiger partial charge in [-0.05, 0) is 42.8 Å². The summed E-state index contributed by atoms with van der Waals surface area (Å²) in [4.78, 5) is 51.0. The molecule has 10 heteroatoms. The average molecular weight is 444 g/mol. The number of carbonyl (C=O) groups excluding carboxylic acids is 4. The van der Waals surface area contributed by atoms with E-state index in [1.807, 2.05) is 0 Å². The molecule has 0 bridgehead atoms. The first-order valence-corrected chi connectivity index (χ1v) is 10.0. The van der Waals surface area contributed by atoms with Gasteiger partial charge in [0.2, 0.25) is 0 Å². The summed E-state index contributed by atoms with van der Waals surface area (Å²) in [6.45, 7) is 2.79. The molecule has 9 nitrogen and oxygen atoms in total. The second kappa shape index (κ2) is 9.48. The summed E-state index contributed by atoms with van der Waals surface area (Å²) in [5.41, 5.74) is 7.76. The van der Waals surface area contributed by atoms with Crippen LogP contribution in [0.5, 0.6) is 0 Å². The summed E-state index contributed by atoms with van der Waals surface area (Å²) in [5, 5.41) is 5.77. The van der Waals surface area contributed by atoms with Crippen LogP contribution in [0.25, 0.3) is 0 Å². The average Bonchev–Trinajstić information content (AvgIpc) is 2.76. The molecule has 0 atom stereocenters. The molecule has 1 aliphatic rings. The van der Waals surface area contributed by atoms with Gasteiger partial charge < -0.3 is 21.3 Å². The molecule has 2 aromatic carbocycles. The molecule has 0 aromatic heterocycles. The number of anilines is 2. The lowest BCUT2D eigenvalue weighted by molar-refractivity contribution is -0.153. The number of rotatable bonds is 5. The first kappa shape index (κ1) is 22.1. The van der Waals surface area contributed by atoms with E-state index in [0.717, 1.165) is 10.5 Å². The molecule has 1 fully saturated rings. The van der Waals surface area contributed by atoms with E-state index in [1.165, 1.54) is 4.90 Å². The number of carbonyl (C=O) groups is 4. The summed E-state index contributed by atoms with van der Waals surface area (Å²) in [7, 11) is 0. The minimum atomic E-state index is -0.835. The van der Waals surface area contributed by atoms with Gasteiger partial charge in [0, 0.05) is 36.8 Å². The zero-order valence-electron chi connectivity index (χ0n) is 16.9. The van der Waals surface area contributed by atoms with Crippen molar-refractivity contribution in [2.45, 2.75) is 13.5 Å². The Balaban J connectivity index is 1.56. The number of nitrogens with zero attached hydrogens (tertiary/aromatic N) is 2. The number of halogens is 1. The molecule has 0 spiro atoms.